The number of rotatable bonds is 4. The number of fused-ring (bicyclic) bond motifs is 1. The molecule has 6 heteroatoms. The van der Waals surface area contributed by atoms with Crippen LogP contribution in [0.4, 0.5) is 4.79 Å². The summed E-state index contributed by atoms with van der Waals surface area (Å²) in [5.74, 6) is -0.742. The molecule has 0 aromatic heterocycles. The number of nitrogens with one attached hydrogen (secondary N) is 2. The normalized spacial score (nSPS) is 23.5. The van der Waals surface area contributed by atoms with Crippen molar-refractivity contribution in [1.29, 1.82) is 0 Å². The summed E-state index contributed by atoms with van der Waals surface area (Å²) in [6.45, 7) is 3.35. The molecule has 1 saturated heterocycles. The van der Waals surface area contributed by atoms with E-state index in [2.05, 4.69) is 16.7 Å². The first-order valence-corrected chi connectivity index (χ1v) is 9.97. The Bertz CT molecular complexity index is 970. The van der Waals surface area contributed by atoms with Crippen LogP contribution in [0.5, 0.6) is 0 Å². The minimum Gasteiger partial charge on any atom is -0.348 e. The van der Waals surface area contributed by atoms with E-state index >= 15 is 0 Å². The van der Waals surface area contributed by atoms with Crippen molar-refractivity contribution in [3.8, 4) is 0 Å². The molecule has 6 nitrogen and oxygen atoms in total. The minimum absolute atomic E-state index is 0.0864. The van der Waals surface area contributed by atoms with Crippen LogP contribution in [0, 0.1) is 6.92 Å². The van der Waals surface area contributed by atoms with Gasteiger partial charge in [-0.05, 0) is 49.8 Å². The van der Waals surface area contributed by atoms with Crippen LogP contribution in [0.25, 0.3) is 0 Å². The molecular formula is C23H25N3O3. The topological polar surface area (TPSA) is 78.5 Å². The van der Waals surface area contributed by atoms with Crippen LogP contribution >= 0.6 is 0 Å². The van der Waals surface area contributed by atoms with Crippen molar-refractivity contribution in [2.75, 3.05) is 6.54 Å². The number of aryl methyl sites for hydroxylation is 2. The van der Waals surface area contributed by atoms with E-state index in [1.165, 1.54) is 5.56 Å². The Morgan fingerprint density at radius 3 is 2.66 bits per heavy atom. The second-order valence-electron chi connectivity index (χ2n) is 8.02. The molecule has 1 heterocycles. The predicted octanol–water partition coefficient (Wildman–Crippen LogP) is 2.96. The molecule has 150 valence electrons. The number of amides is 4. The first kappa shape index (κ1) is 19.2. The van der Waals surface area contributed by atoms with E-state index in [9.17, 15) is 14.4 Å². The smallest absolute Gasteiger partial charge is 0.325 e. The lowest BCUT2D eigenvalue weighted by molar-refractivity contribution is -0.135. The van der Waals surface area contributed by atoms with Crippen LogP contribution in [0.2, 0.25) is 0 Å². The van der Waals surface area contributed by atoms with Crippen LogP contribution in [-0.4, -0.2) is 29.3 Å². The Morgan fingerprint density at radius 1 is 1.17 bits per heavy atom. The Hall–Kier alpha value is -3.15. The van der Waals surface area contributed by atoms with Gasteiger partial charge in [-0.25, -0.2) is 4.79 Å². The van der Waals surface area contributed by atoms with Gasteiger partial charge in [-0.15, -0.1) is 0 Å². The molecule has 0 radical (unpaired) electrons. The summed E-state index contributed by atoms with van der Waals surface area (Å²) in [5.41, 5.74) is 2.96. The number of hydrogen-bond donors (Lipinski definition) is 2. The van der Waals surface area contributed by atoms with Gasteiger partial charge in [0.25, 0.3) is 5.91 Å². The first-order chi connectivity index (χ1) is 13.9. The van der Waals surface area contributed by atoms with E-state index in [4.69, 9.17) is 0 Å². The number of hydrogen-bond acceptors (Lipinski definition) is 3. The van der Waals surface area contributed by atoms with Crippen molar-refractivity contribution < 1.29 is 14.4 Å². The third kappa shape index (κ3) is 3.50. The van der Waals surface area contributed by atoms with Gasteiger partial charge in [-0.1, -0.05) is 54.1 Å². The number of carbonyl (C=O) groups excluding carboxylic acids is 3. The highest BCUT2D eigenvalue weighted by molar-refractivity contribution is 6.09. The molecule has 29 heavy (non-hydrogen) atoms. The van der Waals surface area contributed by atoms with Crippen molar-refractivity contribution in [2.45, 2.75) is 44.7 Å². The van der Waals surface area contributed by atoms with Gasteiger partial charge in [0.05, 0.1) is 6.04 Å². The quantitative estimate of drug-likeness (QED) is 0.787. The highest BCUT2D eigenvalue weighted by Gasteiger charge is 2.49. The average molecular weight is 391 g/mol. The maximum Gasteiger partial charge on any atom is 0.325 e. The van der Waals surface area contributed by atoms with Gasteiger partial charge in [0.15, 0.2) is 0 Å². The van der Waals surface area contributed by atoms with Gasteiger partial charge in [-0.2, -0.15) is 0 Å². The van der Waals surface area contributed by atoms with Crippen LogP contribution in [0.3, 0.4) is 0 Å². The molecule has 2 N–H and O–H groups in total. The Labute approximate surface area is 170 Å². The summed E-state index contributed by atoms with van der Waals surface area (Å²) in [4.78, 5) is 39.2. The third-order valence-electron chi connectivity index (χ3n) is 5.91. The van der Waals surface area contributed by atoms with E-state index in [-0.39, 0.29) is 18.5 Å². The van der Waals surface area contributed by atoms with Crippen LogP contribution < -0.4 is 10.6 Å². The van der Waals surface area contributed by atoms with Gasteiger partial charge in [0.1, 0.15) is 12.1 Å². The molecule has 1 fully saturated rings. The largest absolute Gasteiger partial charge is 0.348 e. The van der Waals surface area contributed by atoms with Gasteiger partial charge < -0.3 is 10.6 Å². The van der Waals surface area contributed by atoms with Gasteiger partial charge >= 0.3 is 6.03 Å². The van der Waals surface area contributed by atoms with Crippen molar-refractivity contribution in [3.63, 3.8) is 0 Å². The average Bonchev–Trinajstić information content (AvgIpc) is 2.92. The number of urea groups is 1. The number of carbonyl (C=O) groups is 3. The Morgan fingerprint density at radius 2 is 1.90 bits per heavy atom. The summed E-state index contributed by atoms with van der Waals surface area (Å²) in [7, 11) is 0. The number of imide groups is 1. The van der Waals surface area contributed by atoms with Gasteiger partial charge in [0.2, 0.25) is 5.91 Å². The van der Waals surface area contributed by atoms with Crippen molar-refractivity contribution >= 4 is 17.8 Å². The van der Waals surface area contributed by atoms with E-state index in [1.807, 2.05) is 49.4 Å². The lowest BCUT2D eigenvalue weighted by Crippen LogP contribution is -2.44. The van der Waals surface area contributed by atoms with Gasteiger partial charge in [0, 0.05) is 0 Å². The van der Waals surface area contributed by atoms with E-state index in [0.29, 0.717) is 5.56 Å². The maximum atomic E-state index is 13.0. The van der Waals surface area contributed by atoms with E-state index in [1.54, 1.807) is 6.92 Å². The maximum absolute atomic E-state index is 13.0. The number of nitrogens with zero attached hydrogens (tertiary/aromatic N) is 1. The molecule has 4 rings (SSSR count). The van der Waals surface area contributed by atoms with Crippen molar-refractivity contribution in [3.05, 3.63) is 70.8 Å². The highest BCUT2D eigenvalue weighted by Crippen LogP contribution is 2.31. The molecule has 0 saturated carbocycles. The summed E-state index contributed by atoms with van der Waals surface area (Å²) in [6, 6.07) is 14.9. The fourth-order valence-corrected chi connectivity index (χ4v) is 4.21. The first-order valence-electron chi connectivity index (χ1n) is 9.97. The Balaban J connectivity index is 1.47. The standard InChI is InChI=1S/C23H25N3O3/c1-15-10-12-17(13-11-15)23(2)21(28)26(22(29)25-23)14-20(27)24-19-9-5-7-16-6-3-4-8-18(16)19/h3-4,6,8,10-13,19H,5,7,9,14H2,1-2H3,(H,24,27)(H,25,29). The van der Waals surface area contributed by atoms with E-state index in [0.717, 1.165) is 35.3 Å². The molecule has 2 aromatic rings. The minimum atomic E-state index is -1.16. The second kappa shape index (κ2) is 7.35. The molecule has 1 aliphatic carbocycles. The molecule has 2 aliphatic rings. The predicted molar refractivity (Wildman–Crippen MR) is 109 cm³/mol. The molecule has 2 unspecified atom stereocenters. The molecule has 2 aromatic carbocycles. The SMILES string of the molecule is Cc1ccc(C2(C)NC(=O)N(CC(=O)NC3CCCc4ccccc43)C2=O)cc1. The highest BCUT2D eigenvalue weighted by atomic mass is 16.2. The second-order valence-corrected chi connectivity index (χ2v) is 8.02. The van der Waals surface area contributed by atoms with Crippen molar-refractivity contribution in [2.24, 2.45) is 0 Å². The summed E-state index contributed by atoms with van der Waals surface area (Å²) in [6.07, 6.45) is 2.85. The van der Waals surface area contributed by atoms with Crippen LogP contribution in [0.1, 0.15) is 48.1 Å². The molecule has 0 spiro atoms. The van der Waals surface area contributed by atoms with Crippen LogP contribution in [0.15, 0.2) is 48.5 Å². The molecule has 2 atom stereocenters. The fourth-order valence-electron chi connectivity index (χ4n) is 4.21. The molecule has 4 amide bonds. The zero-order valence-electron chi connectivity index (χ0n) is 16.7. The zero-order valence-corrected chi connectivity index (χ0v) is 16.7. The van der Waals surface area contributed by atoms with E-state index < -0.39 is 17.5 Å². The third-order valence-corrected chi connectivity index (χ3v) is 5.91. The summed E-state index contributed by atoms with van der Waals surface area (Å²) >= 11 is 0. The zero-order chi connectivity index (χ0) is 20.6. The molecule has 0 bridgehead atoms. The lowest BCUT2D eigenvalue weighted by Gasteiger charge is -2.27. The molecule has 1 aliphatic heterocycles. The molecular weight excluding hydrogens is 366 g/mol. The van der Waals surface area contributed by atoms with Gasteiger partial charge in [-0.3, -0.25) is 14.5 Å². The fraction of sp³-hybridized carbons (Fsp3) is 0.348. The van der Waals surface area contributed by atoms with Crippen LogP contribution in [-0.2, 0) is 21.5 Å². The summed E-state index contributed by atoms with van der Waals surface area (Å²) in [5, 5.41) is 5.75. The lowest BCUT2D eigenvalue weighted by atomic mass is 9.88. The van der Waals surface area contributed by atoms with Crippen molar-refractivity contribution in [1.82, 2.24) is 15.5 Å². The monoisotopic (exact) mass is 391 g/mol. The number of benzene rings is 2. The Kier molecular flexibility index (Phi) is 4.86. The summed E-state index contributed by atoms with van der Waals surface area (Å²) < 4.78 is 0.